The van der Waals surface area contributed by atoms with E-state index in [1.165, 1.54) is 17.9 Å². The van der Waals surface area contributed by atoms with E-state index in [4.69, 9.17) is 5.21 Å². The van der Waals surface area contributed by atoms with E-state index >= 15 is 0 Å². The SMILES string of the molecule is ON1CC2(CCNCC2)C1. The molecule has 3 heteroatoms. The van der Waals surface area contributed by atoms with Gasteiger partial charge in [0.2, 0.25) is 0 Å². The third kappa shape index (κ3) is 0.944. The fourth-order valence-electron chi connectivity index (χ4n) is 2.00. The van der Waals surface area contributed by atoms with Crippen molar-refractivity contribution in [3.63, 3.8) is 0 Å². The highest BCUT2D eigenvalue weighted by atomic mass is 16.5. The van der Waals surface area contributed by atoms with Crippen molar-refractivity contribution in [3.05, 3.63) is 0 Å². The molecule has 1 spiro atoms. The van der Waals surface area contributed by atoms with Crippen LogP contribution in [0.4, 0.5) is 0 Å². The van der Waals surface area contributed by atoms with Crippen LogP contribution in [0.15, 0.2) is 0 Å². The highest BCUT2D eigenvalue weighted by Gasteiger charge is 2.42. The Hall–Kier alpha value is -0.120. The number of hydrogen-bond acceptors (Lipinski definition) is 3. The van der Waals surface area contributed by atoms with Crippen LogP contribution in [0.1, 0.15) is 12.8 Å². The lowest BCUT2D eigenvalue weighted by molar-refractivity contribution is -0.214. The van der Waals surface area contributed by atoms with Gasteiger partial charge in [-0.1, -0.05) is 0 Å². The highest BCUT2D eigenvalue weighted by molar-refractivity contribution is 4.94. The van der Waals surface area contributed by atoms with Crippen molar-refractivity contribution in [1.29, 1.82) is 0 Å². The maximum atomic E-state index is 8.98. The standard InChI is InChI=1S/C7H14N2O/c10-9-5-7(6-9)1-3-8-4-2-7/h8,10H,1-6H2. The zero-order valence-corrected chi connectivity index (χ0v) is 6.14. The molecular weight excluding hydrogens is 128 g/mol. The van der Waals surface area contributed by atoms with Gasteiger partial charge in [-0.15, -0.1) is 0 Å². The van der Waals surface area contributed by atoms with E-state index in [2.05, 4.69) is 5.32 Å². The average molecular weight is 142 g/mol. The molecule has 0 radical (unpaired) electrons. The Labute approximate surface area is 61.0 Å². The lowest BCUT2D eigenvalue weighted by atomic mass is 9.74. The molecule has 0 aromatic rings. The van der Waals surface area contributed by atoms with Gasteiger partial charge in [-0.2, -0.15) is 5.06 Å². The van der Waals surface area contributed by atoms with E-state index in [1.807, 2.05) is 0 Å². The molecule has 2 aliphatic rings. The molecule has 2 heterocycles. The molecule has 2 fully saturated rings. The largest absolute Gasteiger partial charge is 0.317 e. The minimum Gasteiger partial charge on any atom is -0.317 e. The van der Waals surface area contributed by atoms with Gasteiger partial charge >= 0.3 is 0 Å². The summed E-state index contributed by atoms with van der Waals surface area (Å²) in [5, 5.41) is 13.7. The lowest BCUT2D eigenvalue weighted by Crippen LogP contribution is -2.58. The van der Waals surface area contributed by atoms with Gasteiger partial charge in [0.15, 0.2) is 0 Å². The number of nitrogens with one attached hydrogen (secondary N) is 1. The molecule has 10 heavy (non-hydrogen) atoms. The molecule has 0 unspecified atom stereocenters. The molecule has 0 aromatic carbocycles. The first-order valence-electron chi connectivity index (χ1n) is 3.95. The Morgan fingerprint density at radius 1 is 1.20 bits per heavy atom. The maximum absolute atomic E-state index is 8.98. The molecule has 0 bridgehead atoms. The zero-order chi connectivity index (χ0) is 7.03. The monoisotopic (exact) mass is 142 g/mol. The van der Waals surface area contributed by atoms with E-state index in [9.17, 15) is 0 Å². The molecule has 0 aromatic heterocycles. The third-order valence-corrected chi connectivity index (χ3v) is 2.70. The topological polar surface area (TPSA) is 35.5 Å². The molecule has 2 N–H and O–H groups in total. The molecule has 0 aliphatic carbocycles. The third-order valence-electron chi connectivity index (χ3n) is 2.70. The van der Waals surface area contributed by atoms with Crippen molar-refractivity contribution in [2.75, 3.05) is 26.2 Å². The van der Waals surface area contributed by atoms with Crippen molar-refractivity contribution in [1.82, 2.24) is 10.4 Å². The first-order chi connectivity index (χ1) is 4.81. The summed E-state index contributed by atoms with van der Waals surface area (Å²) in [6.07, 6.45) is 2.48. The summed E-state index contributed by atoms with van der Waals surface area (Å²) in [5.74, 6) is 0. The summed E-state index contributed by atoms with van der Waals surface area (Å²) in [5.41, 5.74) is 0.486. The van der Waals surface area contributed by atoms with Gasteiger partial charge in [0, 0.05) is 18.5 Å². The molecule has 2 saturated heterocycles. The van der Waals surface area contributed by atoms with E-state index < -0.39 is 0 Å². The first-order valence-corrected chi connectivity index (χ1v) is 3.95. The van der Waals surface area contributed by atoms with Crippen molar-refractivity contribution in [3.8, 4) is 0 Å². The summed E-state index contributed by atoms with van der Waals surface area (Å²) in [6, 6.07) is 0. The average Bonchev–Trinajstić information content (AvgIpc) is 1.87. The van der Waals surface area contributed by atoms with Crippen LogP contribution < -0.4 is 5.32 Å². The van der Waals surface area contributed by atoms with Crippen molar-refractivity contribution in [2.45, 2.75) is 12.8 Å². The predicted molar refractivity (Wildman–Crippen MR) is 37.9 cm³/mol. The van der Waals surface area contributed by atoms with Crippen LogP contribution >= 0.6 is 0 Å². The summed E-state index contributed by atoms with van der Waals surface area (Å²) in [4.78, 5) is 0. The Kier molecular flexibility index (Phi) is 1.44. The summed E-state index contributed by atoms with van der Waals surface area (Å²) < 4.78 is 0. The lowest BCUT2D eigenvalue weighted by Gasteiger charge is -2.49. The first kappa shape index (κ1) is 6.58. The van der Waals surface area contributed by atoms with E-state index in [-0.39, 0.29) is 0 Å². The van der Waals surface area contributed by atoms with Crippen molar-refractivity contribution in [2.24, 2.45) is 5.41 Å². The fourth-order valence-corrected chi connectivity index (χ4v) is 2.00. The van der Waals surface area contributed by atoms with Crippen LogP contribution in [0.3, 0.4) is 0 Å². The van der Waals surface area contributed by atoms with Crippen LogP contribution in [-0.2, 0) is 0 Å². The van der Waals surface area contributed by atoms with E-state index in [0.717, 1.165) is 26.2 Å². The van der Waals surface area contributed by atoms with E-state index in [1.54, 1.807) is 0 Å². The quantitative estimate of drug-likeness (QED) is 0.502. The Morgan fingerprint density at radius 2 is 1.80 bits per heavy atom. The second-order valence-corrected chi connectivity index (χ2v) is 3.57. The number of piperidine rings is 1. The predicted octanol–water partition coefficient (Wildman–Crippen LogP) is 0.0610. The minimum atomic E-state index is 0.486. The number of hydrogen-bond donors (Lipinski definition) is 2. The number of nitrogens with zero attached hydrogens (tertiary/aromatic N) is 1. The van der Waals surface area contributed by atoms with Gasteiger partial charge in [0.1, 0.15) is 0 Å². The molecule has 0 atom stereocenters. The molecule has 0 saturated carbocycles. The van der Waals surface area contributed by atoms with E-state index in [0.29, 0.717) is 5.41 Å². The fraction of sp³-hybridized carbons (Fsp3) is 1.00. The van der Waals surface area contributed by atoms with Gasteiger partial charge in [-0.3, -0.25) is 0 Å². The molecule has 2 aliphatic heterocycles. The Morgan fingerprint density at radius 3 is 2.30 bits per heavy atom. The van der Waals surface area contributed by atoms with Gasteiger partial charge in [0.05, 0.1) is 0 Å². The Bertz CT molecular complexity index is 116. The van der Waals surface area contributed by atoms with Gasteiger partial charge in [0.25, 0.3) is 0 Å². The van der Waals surface area contributed by atoms with Crippen LogP contribution in [0.25, 0.3) is 0 Å². The summed E-state index contributed by atoms with van der Waals surface area (Å²) in [7, 11) is 0. The second-order valence-electron chi connectivity index (χ2n) is 3.57. The van der Waals surface area contributed by atoms with Crippen molar-refractivity contribution >= 4 is 0 Å². The normalized spacial score (nSPS) is 32.1. The van der Waals surface area contributed by atoms with Gasteiger partial charge in [-0.05, 0) is 25.9 Å². The summed E-state index contributed by atoms with van der Waals surface area (Å²) in [6.45, 7) is 4.06. The second kappa shape index (κ2) is 2.19. The number of rotatable bonds is 0. The van der Waals surface area contributed by atoms with Crippen molar-refractivity contribution < 1.29 is 5.21 Å². The van der Waals surface area contributed by atoms with Crippen LogP contribution in [-0.4, -0.2) is 36.4 Å². The van der Waals surface area contributed by atoms with Gasteiger partial charge in [-0.25, -0.2) is 0 Å². The van der Waals surface area contributed by atoms with Crippen LogP contribution in [0, 0.1) is 5.41 Å². The molecule has 2 rings (SSSR count). The smallest absolute Gasteiger partial charge is 0.0309 e. The van der Waals surface area contributed by atoms with Crippen LogP contribution in [0.5, 0.6) is 0 Å². The molecule has 58 valence electrons. The minimum absolute atomic E-state index is 0.486. The molecule has 0 amide bonds. The summed E-state index contributed by atoms with van der Waals surface area (Å²) >= 11 is 0. The van der Waals surface area contributed by atoms with Gasteiger partial charge < -0.3 is 10.5 Å². The Balaban J connectivity index is 1.90. The van der Waals surface area contributed by atoms with Crippen LogP contribution in [0.2, 0.25) is 0 Å². The zero-order valence-electron chi connectivity index (χ0n) is 6.14. The molecular formula is C7H14N2O. The maximum Gasteiger partial charge on any atom is 0.0309 e. The molecule has 3 nitrogen and oxygen atoms in total. The highest BCUT2D eigenvalue weighted by Crippen LogP contribution is 2.37. The number of hydroxylamine groups is 2.